The number of aliphatic hydroxyl groups excluding tert-OH is 1. The fourth-order valence-corrected chi connectivity index (χ4v) is 1.32. The van der Waals surface area contributed by atoms with Crippen molar-refractivity contribution >= 4 is 12.6 Å². The Balaban J connectivity index is 3.55. The molecule has 0 atom stereocenters. The molecule has 0 fully saturated rings. The molecule has 0 radical (unpaired) electrons. The van der Waals surface area contributed by atoms with Gasteiger partial charge in [0.15, 0.2) is 0 Å². The molecule has 0 aliphatic heterocycles. The summed E-state index contributed by atoms with van der Waals surface area (Å²) in [5.41, 5.74) is 0. The Kier molecular flexibility index (Phi) is 8.07. The summed E-state index contributed by atoms with van der Waals surface area (Å²) in [7, 11) is 0. The first-order valence-electron chi connectivity index (χ1n) is 4.68. The van der Waals surface area contributed by atoms with E-state index in [1.165, 1.54) is 0 Å². The van der Waals surface area contributed by atoms with Crippen LogP contribution < -0.4 is 0 Å². The molecule has 0 aromatic carbocycles. The minimum Gasteiger partial charge on any atom is -0.396 e. The van der Waals surface area contributed by atoms with Crippen molar-refractivity contribution in [3.8, 4) is 0 Å². The standard InChI is InChI=1S/C9H21NOS/c1-9(2)10(5-3-7-11)6-4-8-12/h9,11-12H,3-8H2,1-2H3. The van der Waals surface area contributed by atoms with Crippen molar-refractivity contribution < 1.29 is 5.11 Å². The molecule has 74 valence electrons. The van der Waals surface area contributed by atoms with E-state index < -0.39 is 0 Å². The van der Waals surface area contributed by atoms with Crippen LogP contribution in [-0.4, -0.2) is 41.5 Å². The molecule has 0 bridgehead atoms. The molecule has 2 nitrogen and oxygen atoms in total. The highest BCUT2D eigenvalue weighted by atomic mass is 32.1. The van der Waals surface area contributed by atoms with Crippen molar-refractivity contribution in [3.05, 3.63) is 0 Å². The predicted octanol–water partition coefficient (Wildman–Crippen LogP) is 1.40. The maximum atomic E-state index is 8.68. The van der Waals surface area contributed by atoms with Crippen LogP contribution in [0, 0.1) is 0 Å². The fraction of sp³-hybridized carbons (Fsp3) is 1.00. The van der Waals surface area contributed by atoms with Gasteiger partial charge in [0.25, 0.3) is 0 Å². The van der Waals surface area contributed by atoms with Crippen molar-refractivity contribution in [2.75, 3.05) is 25.4 Å². The van der Waals surface area contributed by atoms with Gasteiger partial charge in [0.2, 0.25) is 0 Å². The van der Waals surface area contributed by atoms with Crippen LogP contribution in [0.3, 0.4) is 0 Å². The molecule has 0 unspecified atom stereocenters. The average Bonchev–Trinajstić information content (AvgIpc) is 2.04. The maximum absolute atomic E-state index is 8.68. The van der Waals surface area contributed by atoms with Gasteiger partial charge in [-0.1, -0.05) is 0 Å². The minimum absolute atomic E-state index is 0.296. The largest absolute Gasteiger partial charge is 0.396 e. The first-order chi connectivity index (χ1) is 5.72. The van der Waals surface area contributed by atoms with Gasteiger partial charge >= 0.3 is 0 Å². The molecule has 0 heterocycles. The lowest BCUT2D eigenvalue weighted by Crippen LogP contribution is -2.33. The molecule has 0 aliphatic rings. The van der Waals surface area contributed by atoms with Crippen LogP contribution >= 0.6 is 12.6 Å². The summed E-state index contributed by atoms with van der Waals surface area (Å²) >= 11 is 4.18. The number of hydrogen-bond donors (Lipinski definition) is 2. The van der Waals surface area contributed by atoms with Crippen LogP contribution in [-0.2, 0) is 0 Å². The van der Waals surface area contributed by atoms with Gasteiger partial charge in [-0.05, 0) is 39.0 Å². The zero-order chi connectivity index (χ0) is 9.40. The fourth-order valence-electron chi connectivity index (χ4n) is 1.18. The first kappa shape index (κ1) is 12.3. The normalized spacial score (nSPS) is 11.5. The summed E-state index contributed by atoms with van der Waals surface area (Å²) in [6.07, 6.45) is 2.01. The molecule has 0 saturated heterocycles. The quantitative estimate of drug-likeness (QED) is 0.594. The first-order valence-corrected chi connectivity index (χ1v) is 5.31. The van der Waals surface area contributed by atoms with Gasteiger partial charge in [-0.15, -0.1) is 0 Å². The number of thiol groups is 1. The third-order valence-electron chi connectivity index (χ3n) is 1.94. The summed E-state index contributed by atoms with van der Waals surface area (Å²) in [4.78, 5) is 2.38. The Bertz CT molecular complexity index is 90.5. The van der Waals surface area contributed by atoms with E-state index in [4.69, 9.17) is 5.11 Å². The van der Waals surface area contributed by atoms with Crippen LogP contribution in [0.15, 0.2) is 0 Å². The van der Waals surface area contributed by atoms with Crippen molar-refractivity contribution in [2.24, 2.45) is 0 Å². The zero-order valence-corrected chi connectivity index (χ0v) is 9.06. The van der Waals surface area contributed by atoms with Gasteiger partial charge < -0.3 is 10.0 Å². The van der Waals surface area contributed by atoms with E-state index in [9.17, 15) is 0 Å². The van der Waals surface area contributed by atoms with Crippen LogP contribution in [0.5, 0.6) is 0 Å². The zero-order valence-electron chi connectivity index (χ0n) is 8.16. The Labute approximate surface area is 81.4 Å². The summed E-state index contributed by atoms with van der Waals surface area (Å²) < 4.78 is 0. The number of rotatable bonds is 7. The topological polar surface area (TPSA) is 23.5 Å². The van der Waals surface area contributed by atoms with Crippen LogP contribution in [0.2, 0.25) is 0 Å². The minimum atomic E-state index is 0.296. The molecule has 0 saturated carbocycles. The summed E-state index contributed by atoms with van der Waals surface area (Å²) in [6, 6.07) is 0.580. The van der Waals surface area contributed by atoms with Gasteiger partial charge in [-0.3, -0.25) is 0 Å². The number of aliphatic hydroxyl groups is 1. The molecular formula is C9H21NOS. The molecule has 1 N–H and O–H groups in total. The van der Waals surface area contributed by atoms with Gasteiger partial charge in [0.1, 0.15) is 0 Å². The van der Waals surface area contributed by atoms with Gasteiger partial charge in [0, 0.05) is 19.2 Å². The highest BCUT2D eigenvalue weighted by Gasteiger charge is 2.06. The van der Waals surface area contributed by atoms with Crippen molar-refractivity contribution in [1.82, 2.24) is 4.90 Å². The molecular weight excluding hydrogens is 170 g/mol. The summed E-state index contributed by atoms with van der Waals surface area (Å²) in [5, 5.41) is 8.68. The maximum Gasteiger partial charge on any atom is 0.0443 e. The molecule has 12 heavy (non-hydrogen) atoms. The molecule has 0 aromatic heterocycles. The number of hydrogen-bond acceptors (Lipinski definition) is 3. The van der Waals surface area contributed by atoms with E-state index in [2.05, 4.69) is 31.4 Å². The molecule has 3 heteroatoms. The molecule has 0 spiro atoms. The van der Waals surface area contributed by atoms with E-state index in [1.54, 1.807) is 0 Å². The lowest BCUT2D eigenvalue weighted by Gasteiger charge is -2.25. The molecule has 0 aromatic rings. The number of nitrogens with zero attached hydrogens (tertiary/aromatic N) is 1. The van der Waals surface area contributed by atoms with Crippen molar-refractivity contribution in [3.63, 3.8) is 0 Å². The Hall–Kier alpha value is 0.270. The molecule has 0 amide bonds. The van der Waals surface area contributed by atoms with Gasteiger partial charge in [-0.2, -0.15) is 12.6 Å². The lowest BCUT2D eigenvalue weighted by molar-refractivity contribution is 0.192. The van der Waals surface area contributed by atoms with Crippen molar-refractivity contribution in [2.45, 2.75) is 32.7 Å². The predicted molar refractivity (Wildman–Crippen MR) is 56.9 cm³/mol. The third-order valence-corrected chi connectivity index (χ3v) is 2.25. The van der Waals surface area contributed by atoms with Gasteiger partial charge in [0.05, 0.1) is 0 Å². The smallest absolute Gasteiger partial charge is 0.0443 e. The van der Waals surface area contributed by atoms with E-state index in [-0.39, 0.29) is 0 Å². The van der Waals surface area contributed by atoms with Crippen LogP contribution in [0.25, 0.3) is 0 Å². The second-order valence-electron chi connectivity index (χ2n) is 3.28. The summed E-state index contributed by atoms with van der Waals surface area (Å²) in [5.74, 6) is 0.947. The lowest BCUT2D eigenvalue weighted by atomic mass is 10.2. The van der Waals surface area contributed by atoms with E-state index in [0.717, 1.165) is 31.7 Å². The van der Waals surface area contributed by atoms with E-state index in [0.29, 0.717) is 12.6 Å². The summed E-state index contributed by atoms with van der Waals surface area (Å²) in [6.45, 7) is 6.78. The Morgan fingerprint density at radius 3 is 2.25 bits per heavy atom. The molecule has 0 rings (SSSR count). The van der Waals surface area contributed by atoms with E-state index in [1.807, 2.05) is 0 Å². The monoisotopic (exact) mass is 191 g/mol. The SMILES string of the molecule is CC(C)N(CCCO)CCCS. The third kappa shape index (κ3) is 5.86. The highest BCUT2D eigenvalue weighted by Crippen LogP contribution is 2.01. The van der Waals surface area contributed by atoms with Crippen molar-refractivity contribution in [1.29, 1.82) is 0 Å². The van der Waals surface area contributed by atoms with E-state index >= 15 is 0 Å². The highest BCUT2D eigenvalue weighted by molar-refractivity contribution is 7.80. The van der Waals surface area contributed by atoms with Crippen LogP contribution in [0.1, 0.15) is 26.7 Å². The van der Waals surface area contributed by atoms with Gasteiger partial charge in [-0.25, -0.2) is 0 Å². The molecule has 0 aliphatic carbocycles. The van der Waals surface area contributed by atoms with Crippen LogP contribution in [0.4, 0.5) is 0 Å². The average molecular weight is 191 g/mol. The second-order valence-corrected chi connectivity index (χ2v) is 3.73. The second kappa shape index (κ2) is 7.90. The Morgan fingerprint density at radius 2 is 1.83 bits per heavy atom. The Morgan fingerprint density at radius 1 is 1.25 bits per heavy atom.